The number of rotatable bonds is 5. The first-order valence-corrected chi connectivity index (χ1v) is 10.4. The van der Waals surface area contributed by atoms with Crippen LogP contribution in [0.25, 0.3) is 23.0 Å². The zero-order valence-electron chi connectivity index (χ0n) is 17.5. The molecule has 1 amide bonds. The minimum absolute atomic E-state index is 0.0487. The molecule has 12 heteroatoms. The largest absolute Gasteiger partial charge is 0.365 e. The molecule has 5 heterocycles. The van der Waals surface area contributed by atoms with E-state index in [4.69, 9.17) is 5.26 Å². The maximum Gasteiger partial charge on any atom is 0.236 e. The van der Waals surface area contributed by atoms with Gasteiger partial charge in [0, 0.05) is 31.4 Å². The van der Waals surface area contributed by atoms with Gasteiger partial charge in [0.15, 0.2) is 11.6 Å². The number of amides is 1. The standard InChI is InChI=1S/C21H19FN10O/c22-14-3-4-18-25-9-16(31(18)10-14)21-28-17(8-19(29-21)32-13-24-12-26-32)27-15-2-1-7-30(11-15)20(33)5-6-23/h3-4,8-10,12-13,15H,1-2,5,7,11H2,(H,27,28,29)/t15-/m1/s1. The Kier molecular flexibility index (Phi) is 5.35. The molecule has 1 saturated heterocycles. The van der Waals surface area contributed by atoms with Gasteiger partial charge in [-0.15, -0.1) is 0 Å². The minimum Gasteiger partial charge on any atom is -0.365 e. The average Bonchev–Trinajstić information content (AvgIpc) is 3.49. The lowest BCUT2D eigenvalue weighted by atomic mass is 10.1. The molecule has 1 atom stereocenters. The van der Waals surface area contributed by atoms with Gasteiger partial charge < -0.3 is 10.2 Å². The second kappa shape index (κ2) is 8.62. The molecule has 0 saturated carbocycles. The Morgan fingerprint density at radius 1 is 1.33 bits per heavy atom. The summed E-state index contributed by atoms with van der Waals surface area (Å²) in [5.41, 5.74) is 1.08. The third-order valence-electron chi connectivity index (χ3n) is 5.42. The van der Waals surface area contributed by atoms with E-state index in [9.17, 15) is 9.18 Å². The molecule has 33 heavy (non-hydrogen) atoms. The van der Waals surface area contributed by atoms with Gasteiger partial charge in [-0.2, -0.15) is 10.4 Å². The van der Waals surface area contributed by atoms with Crippen LogP contribution in [0.3, 0.4) is 0 Å². The molecule has 0 unspecified atom stereocenters. The molecule has 4 aromatic heterocycles. The summed E-state index contributed by atoms with van der Waals surface area (Å²) in [6, 6.07) is 6.52. The van der Waals surface area contributed by atoms with Crippen LogP contribution in [0.15, 0.2) is 43.2 Å². The van der Waals surface area contributed by atoms with Crippen LogP contribution in [-0.4, -0.2) is 64.1 Å². The normalized spacial score (nSPS) is 16.0. The van der Waals surface area contributed by atoms with Crippen molar-refractivity contribution in [2.24, 2.45) is 0 Å². The molecule has 1 aliphatic heterocycles. The predicted octanol–water partition coefficient (Wildman–Crippen LogP) is 1.83. The summed E-state index contributed by atoms with van der Waals surface area (Å²) in [4.78, 5) is 31.4. The molecule has 0 radical (unpaired) electrons. The zero-order chi connectivity index (χ0) is 22.8. The molecule has 4 aromatic rings. The molecule has 166 valence electrons. The highest BCUT2D eigenvalue weighted by Crippen LogP contribution is 2.23. The van der Waals surface area contributed by atoms with Crippen molar-refractivity contribution in [2.75, 3.05) is 18.4 Å². The number of hydrogen-bond donors (Lipinski definition) is 1. The van der Waals surface area contributed by atoms with Gasteiger partial charge in [-0.3, -0.25) is 9.20 Å². The predicted molar refractivity (Wildman–Crippen MR) is 115 cm³/mol. The maximum atomic E-state index is 13.9. The number of carbonyl (C=O) groups is 1. The molecule has 0 spiro atoms. The lowest BCUT2D eigenvalue weighted by Gasteiger charge is -2.33. The van der Waals surface area contributed by atoms with Crippen molar-refractivity contribution in [3.8, 4) is 23.4 Å². The quantitative estimate of drug-likeness (QED) is 0.491. The van der Waals surface area contributed by atoms with Crippen molar-refractivity contribution in [2.45, 2.75) is 25.3 Å². The van der Waals surface area contributed by atoms with Gasteiger partial charge in [0.05, 0.1) is 12.3 Å². The van der Waals surface area contributed by atoms with Crippen molar-refractivity contribution >= 4 is 17.4 Å². The number of carbonyl (C=O) groups excluding carboxylic acids is 1. The molecule has 11 nitrogen and oxygen atoms in total. The third kappa shape index (κ3) is 4.20. The minimum atomic E-state index is -0.406. The Balaban J connectivity index is 1.50. The first kappa shape index (κ1) is 20.5. The van der Waals surface area contributed by atoms with Crippen LogP contribution in [0.2, 0.25) is 0 Å². The Morgan fingerprint density at radius 2 is 2.24 bits per heavy atom. The molecular formula is C21H19FN10O. The van der Waals surface area contributed by atoms with E-state index in [1.165, 1.54) is 29.6 Å². The molecule has 1 aliphatic rings. The number of nitriles is 1. The van der Waals surface area contributed by atoms with E-state index >= 15 is 0 Å². The summed E-state index contributed by atoms with van der Waals surface area (Å²) >= 11 is 0. The fourth-order valence-electron chi connectivity index (χ4n) is 3.90. The number of fused-ring (bicyclic) bond motifs is 1. The number of pyridine rings is 1. The number of nitrogens with one attached hydrogen (secondary N) is 1. The SMILES string of the molecule is N#CCC(=O)N1CCC[C@@H](Nc2cc(-n3cncn3)nc(-c3cnc4ccc(F)cn34)n2)C1. The number of likely N-dealkylation sites (tertiary alicyclic amines) is 1. The van der Waals surface area contributed by atoms with Crippen LogP contribution in [0, 0.1) is 17.1 Å². The lowest BCUT2D eigenvalue weighted by Crippen LogP contribution is -2.45. The van der Waals surface area contributed by atoms with Gasteiger partial charge in [-0.1, -0.05) is 0 Å². The Hall–Kier alpha value is -4.40. The van der Waals surface area contributed by atoms with E-state index < -0.39 is 5.82 Å². The van der Waals surface area contributed by atoms with Crippen LogP contribution in [0.4, 0.5) is 10.2 Å². The van der Waals surface area contributed by atoms with E-state index in [-0.39, 0.29) is 18.4 Å². The highest BCUT2D eigenvalue weighted by molar-refractivity contribution is 5.78. The summed E-state index contributed by atoms with van der Waals surface area (Å²) in [6.07, 6.45) is 7.36. The number of nitrogens with zero attached hydrogens (tertiary/aromatic N) is 9. The molecule has 0 aliphatic carbocycles. The number of hydrogen-bond acceptors (Lipinski definition) is 8. The van der Waals surface area contributed by atoms with Gasteiger partial charge in [0.2, 0.25) is 5.91 Å². The van der Waals surface area contributed by atoms with Crippen LogP contribution in [0.5, 0.6) is 0 Å². The van der Waals surface area contributed by atoms with Gasteiger partial charge in [-0.05, 0) is 25.0 Å². The van der Waals surface area contributed by atoms with E-state index in [0.717, 1.165) is 12.8 Å². The van der Waals surface area contributed by atoms with E-state index in [1.807, 2.05) is 6.07 Å². The first-order valence-electron chi connectivity index (χ1n) is 10.4. The van der Waals surface area contributed by atoms with Gasteiger partial charge in [-0.25, -0.2) is 29.0 Å². The Morgan fingerprint density at radius 3 is 3.06 bits per heavy atom. The Bertz CT molecular complexity index is 1340. The molecule has 0 bridgehead atoms. The second-order valence-electron chi connectivity index (χ2n) is 7.65. The molecular weight excluding hydrogens is 427 g/mol. The third-order valence-corrected chi connectivity index (χ3v) is 5.42. The number of piperidine rings is 1. The highest BCUT2D eigenvalue weighted by Gasteiger charge is 2.24. The van der Waals surface area contributed by atoms with Crippen molar-refractivity contribution < 1.29 is 9.18 Å². The lowest BCUT2D eigenvalue weighted by molar-refractivity contribution is -0.131. The zero-order valence-corrected chi connectivity index (χ0v) is 17.5. The van der Waals surface area contributed by atoms with Crippen LogP contribution in [-0.2, 0) is 4.79 Å². The van der Waals surface area contributed by atoms with Crippen molar-refractivity contribution in [1.29, 1.82) is 5.26 Å². The van der Waals surface area contributed by atoms with E-state index in [2.05, 4.69) is 30.4 Å². The maximum absolute atomic E-state index is 13.9. The van der Waals surface area contributed by atoms with E-state index in [1.54, 1.807) is 27.6 Å². The smallest absolute Gasteiger partial charge is 0.236 e. The highest BCUT2D eigenvalue weighted by atomic mass is 19.1. The summed E-state index contributed by atoms with van der Waals surface area (Å²) in [5, 5.41) is 16.4. The molecule has 5 rings (SSSR count). The molecule has 1 N–H and O–H groups in total. The fraction of sp³-hybridized carbons (Fsp3) is 0.286. The van der Waals surface area contributed by atoms with Crippen LogP contribution >= 0.6 is 0 Å². The van der Waals surface area contributed by atoms with Crippen LogP contribution < -0.4 is 5.32 Å². The number of aromatic nitrogens is 7. The number of imidazole rings is 1. The van der Waals surface area contributed by atoms with Crippen LogP contribution in [0.1, 0.15) is 19.3 Å². The fourth-order valence-corrected chi connectivity index (χ4v) is 3.90. The number of anilines is 1. The molecule has 1 fully saturated rings. The molecule has 0 aromatic carbocycles. The Labute approximate surface area is 187 Å². The van der Waals surface area contributed by atoms with Crippen molar-refractivity contribution in [1.82, 2.24) is 39.0 Å². The van der Waals surface area contributed by atoms with Gasteiger partial charge >= 0.3 is 0 Å². The second-order valence-corrected chi connectivity index (χ2v) is 7.65. The van der Waals surface area contributed by atoms with Gasteiger partial charge in [0.25, 0.3) is 0 Å². The monoisotopic (exact) mass is 446 g/mol. The van der Waals surface area contributed by atoms with Gasteiger partial charge in [0.1, 0.15) is 42.1 Å². The number of halogens is 1. The summed E-state index contributed by atoms with van der Waals surface area (Å²) in [7, 11) is 0. The van der Waals surface area contributed by atoms with Crippen molar-refractivity contribution in [3.05, 3.63) is 49.1 Å². The average molecular weight is 446 g/mol. The van der Waals surface area contributed by atoms with E-state index in [0.29, 0.717) is 41.9 Å². The summed E-state index contributed by atoms with van der Waals surface area (Å²) in [6.45, 7) is 1.10. The topological polar surface area (TPSA) is 130 Å². The summed E-state index contributed by atoms with van der Waals surface area (Å²) < 4.78 is 17.0. The summed E-state index contributed by atoms with van der Waals surface area (Å²) in [5.74, 6) is 0.744. The first-order chi connectivity index (χ1) is 16.1. The van der Waals surface area contributed by atoms with Crippen molar-refractivity contribution in [3.63, 3.8) is 0 Å².